The fraction of sp³-hybridized carbons (Fsp3) is 0.0455. The van der Waals surface area contributed by atoms with Gasteiger partial charge >= 0.3 is 0 Å². The Balaban J connectivity index is 0.00000336. The quantitative estimate of drug-likeness (QED) is 0.166. The van der Waals surface area contributed by atoms with Crippen molar-refractivity contribution in [2.75, 3.05) is 16.8 Å². The Labute approximate surface area is 304 Å². The Hall–Kier alpha value is -5.64. The van der Waals surface area contributed by atoms with Gasteiger partial charge in [0.1, 0.15) is 0 Å². The van der Waals surface area contributed by atoms with E-state index in [1.165, 1.54) is 27.4 Å². The third-order valence-corrected chi connectivity index (χ3v) is 9.86. The number of nitrogens with zero attached hydrogens (tertiary/aromatic N) is 5. The fourth-order valence-electron chi connectivity index (χ4n) is 7.43. The predicted molar refractivity (Wildman–Crippen MR) is 202 cm³/mol. The largest absolute Gasteiger partial charge is 0.504 e. The van der Waals surface area contributed by atoms with Crippen molar-refractivity contribution in [3.05, 3.63) is 158 Å². The number of hydrogen-bond acceptors (Lipinski definition) is 3. The van der Waals surface area contributed by atoms with Gasteiger partial charge in [0.2, 0.25) is 0 Å². The van der Waals surface area contributed by atoms with Crippen molar-refractivity contribution in [3.8, 4) is 28.2 Å². The molecule has 9 aromatic rings. The first-order chi connectivity index (χ1) is 24.1. The van der Waals surface area contributed by atoms with E-state index in [2.05, 4.69) is 185 Å². The van der Waals surface area contributed by atoms with Gasteiger partial charge in [-0.05, 0) is 76.2 Å². The Morgan fingerprint density at radius 3 is 2.18 bits per heavy atom. The first kappa shape index (κ1) is 30.4. The van der Waals surface area contributed by atoms with Gasteiger partial charge in [-0.2, -0.15) is 12.7 Å². The zero-order valence-corrected chi connectivity index (χ0v) is 29.7. The van der Waals surface area contributed by atoms with E-state index >= 15 is 0 Å². The number of rotatable bonds is 4. The molecule has 244 valence electrons. The van der Waals surface area contributed by atoms with E-state index in [9.17, 15) is 0 Å². The summed E-state index contributed by atoms with van der Waals surface area (Å²) >= 11 is 0. The molecule has 1 aliphatic heterocycles. The predicted octanol–water partition coefficient (Wildman–Crippen LogP) is 10.5. The summed E-state index contributed by atoms with van der Waals surface area (Å²) in [6.07, 6.45) is 0. The van der Waals surface area contributed by atoms with Gasteiger partial charge in [-0.3, -0.25) is 4.98 Å². The van der Waals surface area contributed by atoms with Gasteiger partial charge < -0.3 is 18.9 Å². The molecule has 10 rings (SSSR count). The Morgan fingerprint density at radius 2 is 1.30 bits per heavy atom. The van der Waals surface area contributed by atoms with E-state index in [4.69, 9.17) is 4.98 Å². The molecule has 1 aliphatic rings. The van der Waals surface area contributed by atoms with Crippen LogP contribution in [0.2, 0.25) is 0 Å². The smallest absolute Gasteiger partial charge is 0.0770 e. The maximum Gasteiger partial charge on any atom is 0.0770 e. The molecule has 0 atom stereocenters. The van der Waals surface area contributed by atoms with Crippen molar-refractivity contribution < 1.29 is 21.1 Å². The second kappa shape index (κ2) is 11.8. The molecule has 0 bridgehead atoms. The molecule has 0 spiro atoms. The molecular formula is C44H30N5Pt-3. The number of hydrogen-bond donors (Lipinski definition) is 0. The van der Waals surface area contributed by atoms with E-state index < -0.39 is 0 Å². The average molecular weight is 824 g/mol. The molecule has 0 unspecified atom stereocenters. The van der Waals surface area contributed by atoms with E-state index in [0.29, 0.717) is 0 Å². The fourth-order valence-corrected chi connectivity index (χ4v) is 7.43. The number of aryl methyl sites for hydroxylation is 1. The Kier molecular flexibility index (Phi) is 7.15. The standard InChI is InChI=1S/C44H30N5.Pt/c1-46-28-48(41-17-8-7-16-40(41)46)34-12-9-13-35(27-34)49-42-25-32(31-19-18-29-10-3-4-11-30(29)24-31)20-22-36(42)37-23-21-33(26-43(37)49)44-45-38-14-5-6-15-39(38)47(44)2;/h3-25,28H,1-2H3;/q-3;. The van der Waals surface area contributed by atoms with E-state index in [1.807, 2.05) is 6.07 Å². The number of imidazole rings is 1. The number of para-hydroxylation sites is 4. The third kappa shape index (κ3) is 4.69. The Morgan fingerprint density at radius 1 is 0.580 bits per heavy atom. The van der Waals surface area contributed by atoms with Crippen LogP contribution in [0.5, 0.6) is 0 Å². The van der Waals surface area contributed by atoms with Crippen molar-refractivity contribution >= 4 is 60.7 Å². The molecule has 3 heterocycles. The molecule has 5 nitrogen and oxygen atoms in total. The van der Waals surface area contributed by atoms with Crippen molar-refractivity contribution in [2.24, 2.45) is 7.05 Å². The van der Waals surface area contributed by atoms with Crippen LogP contribution in [0.25, 0.3) is 71.8 Å². The molecule has 0 saturated carbocycles. The van der Waals surface area contributed by atoms with Crippen molar-refractivity contribution in [1.82, 2.24) is 14.1 Å². The van der Waals surface area contributed by atoms with Gasteiger partial charge in [0.15, 0.2) is 0 Å². The van der Waals surface area contributed by atoms with E-state index in [-0.39, 0.29) is 21.1 Å². The average Bonchev–Trinajstić information content (AvgIpc) is 3.79. The minimum atomic E-state index is 0. The van der Waals surface area contributed by atoms with Crippen molar-refractivity contribution in [1.29, 1.82) is 0 Å². The minimum Gasteiger partial charge on any atom is -0.504 e. The second-order valence-corrected chi connectivity index (χ2v) is 12.8. The molecule has 2 aromatic heterocycles. The van der Waals surface area contributed by atoms with Gasteiger partial charge in [-0.25, -0.2) is 0 Å². The van der Waals surface area contributed by atoms with Gasteiger partial charge in [-0.1, -0.05) is 83.9 Å². The number of aromatic nitrogens is 3. The van der Waals surface area contributed by atoms with Gasteiger partial charge in [0, 0.05) is 45.0 Å². The molecule has 0 fully saturated rings. The summed E-state index contributed by atoms with van der Waals surface area (Å²) in [6.45, 7) is 2.12. The first-order valence-corrected chi connectivity index (χ1v) is 16.5. The van der Waals surface area contributed by atoms with Crippen LogP contribution in [0.3, 0.4) is 0 Å². The number of fused-ring (bicyclic) bond motifs is 6. The molecule has 0 saturated heterocycles. The molecule has 50 heavy (non-hydrogen) atoms. The summed E-state index contributed by atoms with van der Waals surface area (Å²) < 4.78 is 4.47. The van der Waals surface area contributed by atoms with Crippen LogP contribution in [0, 0.1) is 18.8 Å². The van der Waals surface area contributed by atoms with Crippen LogP contribution in [0.15, 0.2) is 140 Å². The SMILES string of the molecule is CN1[CH-]N(c2[c-]c(-n3c4[c-]c(-c5nc6ccccc6n5C)ccc4c4ccc(-c5ccc6ccccc6c5)cc43)ccc2)c2ccccc21.[Pt]. The Bertz CT molecular complexity index is 2760. The normalized spacial score (nSPS) is 12.7. The van der Waals surface area contributed by atoms with Crippen LogP contribution in [0.4, 0.5) is 17.1 Å². The summed E-state index contributed by atoms with van der Waals surface area (Å²) in [4.78, 5) is 9.38. The number of anilines is 3. The monoisotopic (exact) mass is 823 g/mol. The minimum absolute atomic E-state index is 0. The summed E-state index contributed by atoms with van der Waals surface area (Å²) in [7, 11) is 4.16. The second-order valence-electron chi connectivity index (χ2n) is 12.8. The maximum atomic E-state index is 5.02. The molecule has 0 aliphatic carbocycles. The zero-order valence-electron chi connectivity index (χ0n) is 27.4. The van der Waals surface area contributed by atoms with E-state index in [1.54, 1.807) is 0 Å². The molecule has 6 heteroatoms. The van der Waals surface area contributed by atoms with Crippen LogP contribution >= 0.6 is 0 Å². The van der Waals surface area contributed by atoms with Crippen LogP contribution in [-0.4, -0.2) is 21.2 Å². The molecule has 7 aromatic carbocycles. The molecule has 0 radical (unpaired) electrons. The topological polar surface area (TPSA) is 29.2 Å². The molecular weight excluding hydrogens is 794 g/mol. The number of benzene rings is 7. The van der Waals surface area contributed by atoms with Gasteiger partial charge in [0.05, 0.1) is 16.9 Å². The maximum absolute atomic E-state index is 5.02. The van der Waals surface area contributed by atoms with Gasteiger partial charge in [0.25, 0.3) is 0 Å². The summed E-state index contributed by atoms with van der Waals surface area (Å²) in [6, 6.07) is 57.2. The van der Waals surface area contributed by atoms with Crippen molar-refractivity contribution in [3.63, 3.8) is 0 Å². The summed E-state index contributed by atoms with van der Waals surface area (Å²) in [5, 5.41) is 4.78. The molecule has 0 amide bonds. The van der Waals surface area contributed by atoms with Crippen LogP contribution in [0.1, 0.15) is 0 Å². The third-order valence-electron chi connectivity index (χ3n) is 9.86. The first-order valence-electron chi connectivity index (χ1n) is 16.5. The zero-order chi connectivity index (χ0) is 32.6. The molecule has 0 N–H and O–H groups in total. The van der Waals surface area contributed by atoms with Crippen LogP contribution in [-0.2, 0) is 28.1 Å². The summed E-state index contributed by atoms with van der Waals surface area (Å²) in [5.41, 5.74) is 11.7. The van der Waals surface area contributed by atoms with Crippen molar-refractivity contribution in [2.45, 2.75) is 0 Å². The van der Waals surface area contributed by atoms with Gasteiger partial charge in [-0.15, -0.1) is 47.6 Å². The summed E-state index contributed by atoms with van der Waals surface area (Å²) in [5.74, 6) is 0.890. The van der Waals surface area contributed by atoms with E-state index in [0.717, 1.165) is 61.5 Å². The van der Waals surface area contributed by atoms with Crippen LogP contribution < -0.4 is 9.80 Å².